The molecule has 0 fully saturated rings. The molecule has 0 spiro atoms. The summed E-state index contributed by atoms with van der Waals surface area (Å²) >= 11 is 0. The molecule has 0 aliphatic heterocycles. The van der Waals surface area contributed by atoms with Crippen molar-refractivity contribution in [1.82, 2.24) is 10.2 Å². The van der Waals surface area contributed by atoms with Gasteiger partial charge in [0.1, 0.15) is 0 Å². The zero-order chi connectivity index (χ0) is 22.7. The Balaban J connectivity index is 2.53. The monoisotopic (exact) mass is 417 g/mol. The maximum atomic E-state index is 12.8. The van der Waals surface area contributed by atoms with E-state index < -0.39 is 0 Å². The first-order valence-corrected chi connectivity index (χ1v) is 10.9. The first kappa shape index (κ1) is 25.7. The zero-order valence-corrected chi connectivity index (χ0v) is 19.5. The molecule has 2 N–H and O–H groups in total. The summed E-state index contributed by atoms with van der Waals surface area (Å²) in [6, 6.07) is 7.45. The molecule has 6 heteroatoms. The van der Waals surface area contributed by atoms with Crippen molar-refractivity contribution >= 4 is 23.4 Å². The van der Waals surface area contributed by atoms with Crippen LogP contribution in [0.25, 0.3) is 0 Å². The Labute approximate surface area is 181 Å². The number of rotatable bonds is 11. The van der Waals surface area contributed by atoms with Crippen LogP contribution < -0.4 is 10.6 Å². The number of hydrogen-bond acceptors (Lipinski definition) is 3. The van der Waals surface area contributed by atoms with Crippen molar-refractivity contribution < 1.29 is 14.4 Å². The number of nitrogens with zero attached hydrogens (tertiary/aromatic N) is 1. The lowest BCUT2D eigenvalue weighted by molar-refractivity contribution is -0.137. The Morgan fingerprint density at radius 1 is 1.07 bits per heavy atom. The fourth-order valence-electron chi connectivity index (χ4n) is 3.44. The van der Waals surface area contributed by atoms with Crippen LogP contribution in [-0.4, -0.2) is 42.3 Å². The van der Waals surface area contributed by atoms with Crippen LogP contribution in [0, 0.1) is 18.3 Å². The highest BCUT2D eigenvalue weighted by atomic mass is 16.2. The number of benzene rings is 1. The van der Waals surface area contributed by atoms with Crippen LogP contribution in [0.1, 0.15) is 65.9 Å². The second kappa shape index (κ2) is 12.4. The van der Waals surface area contributed by atoms with Gasteiger partial charge < -0.3 is 15.5 Å². The molecule has 0 radical (unpaired) electrons. The van der Waals surface area contributed by atoms with Gasteiger partial charge in [-0.05, 0) is 43.2 Å². The van der Waals surface area contributed by atoms with E-state index in [4.69, 9.17) is 0 Å². The minimum atomic E-state index is -0.318. The molecule has 0 heterocycles. The summed E-state index contributed by atoms with van der Waals surface area (Å²) in [6.45, 7) is 13.0. The molecule has 0 aliphatic rings. The number of carbonyl (C=O) groups is 3. The molecule has 6 nitrogen and oxygen atoms in total. The van der Waals surface area contributed by atoms with E-state index in [0.717, 1.165) is 24.8 Å². The van der Waals surface area contributed by atoms with E-state index in [1.165, 1.54) is 0 Å². The summed E-state index contributed by atoms with van der Waals surface area (Å²) in [5.41, 5.74) is 1.96. The van der Waals surface area contributed by atoms with E-state index >= 15 is 0 Å². The fraction of sp³-hybridized carbons (Fsp3) is 0.625. The molecule has 30 heavy (non-hydrogen) atoms. The van der Waals surface area contributed by atoms with Gasteiger partial charge in [-0.1, -0.05) is 58.7 Å². The largest absolute Gasteiger partial charge is 0.345 e. The molecule has 0 saturated carbocycles. The first-order chi connectivity index (χ1) is 14.0. The minimum Gasteiger partial charge on any atom is -0.345 e. The van der Waals surface area contributed by atoms with Crippen LogP contribution in [-0.2, 0) is 14.4 Å². The standard InChI is InChI=1S/C24H39N3O3/c1-7-8-13-27(23(30)14-19(3)15-24(4,5)6)17-22(29)25-16-21(28)26-20-11-9-18(2)10-12-20/h9-12,19H,7-8,13-17H2,1-6H3,(H,25,29)(H,26,28). The van der Waals surface area contributed by atoms with Crippen molar-refractivity contribution in [2.45, 2.75) is 67.2 Å². The van der Waals surface area contributed by atoms with Gasteiger partial charge in [0.05, 0.1) is 13.1 Å². The van der Waals surface area contributed by atoms with Crippen LogP contribution in [0.15, 0.2) is 24.3 Å². The lowest BCUT2D eigenvalue weighted by Crippen LogP contribution is -2.43. The van der Waals surface area contributed by atoms with E-state index in [-0.39, 0.29) is 42.1 Å². The SMILES string of the molecule is CCCCN(CC(=O)NCC(=O)Nc1ccc(C)cc1)C(=O)CC(C)CC(C)(C)C. The van der Waals surface area contributed by atoms with Crippen molar-refractivity contribution in [2.75, 3.05) is 25.0 Å². The third kappa shape index (κ3) is 11.0. The average molecular weight is 418 g/mol. The van der Waals surface area contributed by atoms with Crippen molar-refractivity contribution in [3.63, 3.8) is 0 Å². The predicted molar refractivity (Wildman–Crippen MR) is 122 cm³/mol. The summed E-state index contributed by atoms with van der Waals surface area (Å²) in [5.74, 6) is -0.358. The lowest BCUT2D eigenvalue weighted by Gasteiger charge is -2.26. The number of carbonyl (C=O) groups excluding carboxylic acids is 3. The highest BCUT2D eigenvalue weighted by molar-refractivity contribution is 5.95. The van der Waals surface area contributed by atoms with E-state index in [0.29, 0.717) is 18.7 Å². The molecule has 1 aromatic rings. The molecule has 1 aromatic carbocycles. The molecule has 3 amide bonds. The Morgan fingerprint density at radius 2 is 1.70 bits per heavy atom. The molecule has 0 aliphatic carbocycles. The molecule has 1 atom stereocenters. The summed E-state index contributed by atoms with van der Waals surface area (Å²) < 4.78 is 0. The van der Waals surface area contributed by atoms with E-state index in [2.05, 4.69) is 45.3 Å². The van der Waals surface area contributed by atoms with Gasteiger partial charge in [0, 0.05) is 18.7 Å². The molecule has 1 unspecified atom stereocenters. The highest BCUT2D eigenvalue weighted by Crippen LogP contribution is 2.26. The number of nitrogens with one attached hydrogen (secondary N) is 2. The molecular formula is C24H39N3O3. The van der Waals surface area contributed by atoms with Gasteiger partial charge in [0.25, 0.3) is 0 Å². The zero-order valence-electron chi connectivity index (χ0n) is 19.5. The summed E-state index contributed by atoms with van der Waals surface area (Å²) in [4.78, 5) is 38.8. The third-order valence-electron chi connectivity index (χ3n) is 4.73. The first-order valence-electron chi connectivity index (χ1n) is 10.9. The molecule has 0 aromatic heterocycles. The maximum absolute atomic E-state index is 12.8. The molecule has 1 rings (SSSR count). The average Bonchev–Trinajstić information content (AvgIpc) is 2.63. The smallest absolute Gasteiger partial charge is 0.243 e. The topological polar surface area (TPSA) is 78.5 Å². The predicted octanol–water partition coefficient (Wildman–Crippen LogP) is 4.14. The van der Waals surface area contributed by atoms with Crippen LogP contribution in [0.4, 0.5) is 5.69 Å². The van der Waals surface area contributed by atoms with E-state index in [9.17, 15) is 14.4 Å². The van der Waals surface area contributed by atoms with Crippen LogP contribution >= 0.6 is 0 Å². The van der Waals surface area contributed by atoms with Gasteiger partial charge in [0.15, 0.2) is 0 Å². The molecular weight excluding hydrogens is 378 g/mol. The number of hydrogen-bond donors (Lipinski definition) is 2. The molecule has 0 bridgehead atoms. The highest BCUT2D eigenvalue weighted by Gasteiger charge is 2.22. The van der Waals surface area contributed by atoms with E-state index in [1.807, 2.05) is 31.2 Å². The fourth-order valence-corrected chi connectivity index (χ4v) is 3.44. The minimum absolute atomic E-state index is 0.000503. The van der Waals surface area contributed by atoms with Gasteiger partial charge in [-0.2, -0.15) is 0 Å². The van der Waals surface area contributed by atoms with Gasteiger partial charge in [-0.3, -0.25) is 14.4 Å². The van der Waals surface area contributed by atoms with Crippen molar-refractivity contribution in [3.05, 3.63) is 29.8 Å². The molecule has 0 saturated heterocycles. The van der Waals surface area contributed by atoms with Crippen molar-refractivity contribution in [1.29, 1.82) is 0 Å². The van der Waals surface area contributed by atoms with Crippen molar-refractivity contribution in [3.8, 4) is 0 Å². The van der Waals surface area contributed by atoms with Crippen LogP contribution in [0.3, 0.4) is 0 Å². The number of amides is 3. The normalized spacial score (nSPS) is 12.2. The molecule has 168 valence electrons. The second-order valence-electron chi connectivity index (χ2n) is 9.43. The third-order valence-corrected chi connectivity index (χ3v) is 4.73. The van der Waals surface area contributed by atoms with Gasteiger partial charge in [-0.15, -0.1) is 0 Å². The Kier molecular flexibility index (Phi) is 10.6. The summed E-state index contributed by atoms with van der Waals surface area (Å²) in [7, 11) is 0. The quantitative estimate of drug-likeness (QED) is 0.568. The number of anilines is 1. The van der Waals surface area contributed by atoms with Crippen molar-refractivity contribution in [2.24, 2.45) is 11.3 Å². The number of aryl methyl sites for hydroxylation is 1. The number of unbranched alkanes of at least 4 members (excludes halogenated alkanes) is 1. The Bertz CT molecular complexity index is 693. The Hall–Kier alpha value is -2.37. The van der Waals surface area contributed by atoms with E-state index in [1.54, 1.807) is 4.90 Å². The van der Waals surface area contributed by atoms with Gasteiger partial charge in [0.2, 0.25) is 17.7 Å². The second-order valence-corrected chi connectivity index (χ2v) is 9.43. The van der Waals surface area contributed by atoms with Gasteiger partial charge in [-0.25, -0.2) is 0 Å². The lowest BCUT2D eigenvalue weighted by atomic mass is 9.84. The summed E-state index contributed by atoms with van der Waals surface area (Å²) in [6.07, 6.45) is 3.18. The Morgan fingerprint density at radius 3 is 2.27 bits per heavy atom. The maximum Gasteiger partial charge on any atom is 0.243 e. The van der Waals surface area contributed by atoms with Crippen LogP contribution in [0.5, 0.6) is 0 Å². The summed E-state index contributed by atoms with van der Waals surface area (Å²) in [5, 5.41) is 5.37. The van der Waals surface area contributed by atoms with Gasteiger partial charge >= 0.3 is 0 Å². The van der Waals surface area contributed by atoms with Crippen LogP contribution in [0.2, 0.25) is 0 Å².